The molecule has 0 fully saturated rings. The summed E-state index contributed by atoms with van der Waals surface area (Å²) in [4.78, 5) is 0. The van der Waals surface area contributed by atoms with Crippen molar-refractivity contribution in [1.29, 1.82) is 0 Å². The predicted molar refractivity (Wildman–Crippen MR) is 87.0 cm³/mol. The average Bonchev–Trinajstić information content (AvgIpc) is 2.52. The molecule has 0 spiro atoms. The van der Waals surface area contributed by atoms with E-state index in [0.717, 1.165) is 23.6 Å². The number of nitrogens with one attached hydrogen (secondary N) is 1. The monoisotopic (exact) mass is 285 g/mol. The van der Waals surface area contributed by atoms with Gasteiger partial charge in [-0.05, 0) is 28.8 Å². The molecular formula is C18H23NO2. The van der Waals surface area contributed by atoms with Gasteiger partial charge in [0.15, 0.2) is 0 Å². The van der Waals surface area contributed by atoms with Crippen molar-refractivity contribution in [3.05, 3.63) is 48.0 Å². The highest BCUT2D eigenvalue weighted by Gasteiger charge is 2.08. The topological polar surface area (TPSA) is 30.5 Å². The Balaban J connectivity index is 2.41. The Morgan fingerprint density at radius 3 is 2.14 bits per heavy atom. The van der Waals surface area contributed by atoms with Gasteiger partial charge in [-0.25, -0.2) is 0 Å². The van der Waals surface area contributed by atoms with Gasteiger partial charge in [-0.2, -0.15) is 0 Å². The van der Waals surface area contributed by atoms with Crippen LogP contribution in [0.5, 0.6) is 11.5 Å². The highest BCUT2D eigenvalue weighted by Crippen LogP contribution is 2.31. The van der Waals surface area contributed by atoms with Crippen LogP contribution in [0, 0.1) is 0 Å². The molecule has 0 heterocycles. The zero-order valence-electron chi connectivity index (χ0n) is 13.1. The summed E-state index contributed by atoms with van der Waals surface area (Å²) in [6.45, 7) is 5.14. The Hall–Kier alpha value is -2.00. The Morgan fingerprint density at radius 2 is 1.57 bits per heavy atom. The van der Waals surface area contributed by atoms with E-state index >= 15 is 0 Å². The van der Waals surface area contributed by atoms with Crippen molar-refractivity contribution >= 4 is 0 Å². The van der Waals surface area contributed by atoms with Gasteiger partial charge < -0.3 is 14.8 Å². The smallest absolute Gasteiger partial charge is 0.123 e. The molecule has 0 saturated carbocycles. The maximum Gasteiger partial charge on any atom is 0.123 e. The lowest BCUT2D eigenvalue weighted by Gasteiger charge is -2.14. The summed E-state index contributed by atoms with van der Waals surface area (Å²) < 4.78 is 10.7. The minimum absolute atomic E-state index is 0.456. The maximum absolute atomic E-state index is 5.36. The lowest BCUT2D eigenvalue weighted by Crippen LogP contribution is -2.22. The van der Waals surface area contributed by atoms with Crippen molar-refractivity contribution in [2.45, 2.75) is 26.4 Å². The molecular weight excluding hydrogens is 262 g/mol. The van der Waals surface area contributed by atoms with Gasteiger partial charge in [-0.1, -0.05) is 38.1 Å². The van der Waals surface area contributed by atoms with E-state index in [2.05, 4.69) is 43.4 Å². The van der Waals surface area contributed by atoms with Crippen molar-refractivity contribution in [2.24, 2.45) is 0 Å². The molecule has 21 heavy (non-hydrogen) atoms. The van der Waals surface area contributed by atoms with Crippen LogP contribution in [0.2, 0.25) is 0 Å². The Bertz CT molecular complexity index is 571. The first-order valence-electron chi connectivity index (χ1n) is 7.18. The molecule has 2 aromatic rings. The van der Waals surface area contributed by atoms with Crippen LogP contribution in [0.4, 0.5) is 0 Å². The zero-order chi connectivity index (χ0) is 15.2. The fraction of sp³-hybridized carbons (Fsp3) is 0.333. The molecule has 0 saturated heterocycles. The van der Waals surface area contributed by atoms with Crippen molar-refractivity contribution in [3.63, 3.8) is 0 Å². The van der Waals surface area contributed by atoms with Crippen LogP contribution < -0.4 is 14.8 Å². The van der Waals surface area contributed by atoms with E-state index in [1.165, 1.54) is 11.1 Å². The third kappa shape index (κ3) is 3.99. The minimum Gasteiger partial charge on any atom is -0.497 e. The number of ether oxygens (including phenoxy) is 2. The number of rotatable bonds is 6. The number of benzene rings is 2. The van der Waals surface area contributed by atoms with Gasteiger partial charge in [0, 0.05) is 18.7 Å². The molecule has 112 valence electrons. The quantitative estimate of drug-likeness (QED) is 0.874. The summed E-state index contributed by atoms with van der Waals surface area (Å²) in [5, 5.41) is 3.47. The first-order chi connectivity index (χ1) is 10.1. The summed E-state index contributed by atoms with van der Waals surface area (Å²) in [6.07, 6.45) is 0. The molecule has 0 atom stereocenters. The van der Waals surface area contributed by atoms with E-state index in [-0.39, 0.29) is 0 Å². The molecule has 1 N–H and O–H groups in total. The van der Waals surface area contributed by atoms with E-state index in [0.29, 0.717) is 6.04 Å². The van der Waals surface area contributed by atoms with Gasteiger partial charge in [0.1, 0.15) is 11.5 Å². The average molecular weight is 285 g/mol. The second-order valence-corrected chi connectivity index (χ2v) is 5.29. The van der Waals surface area contributed by atoms with Gasteiger partial charge in [-0.3, -0.25) is 0 Å². The van der Waals surface area contributed by atoms with E-state index in [1.807, 2.05) is 18.2 Å². The highest BCUT2D eigenvalue weighted by molar-refractivity contribution is 5.70. The Kier molecular flexibility index (Phi) is 5.23. The maximum atomic E-state index is 5.36. The SMILES string of the molecule is COc1cc(OC)cc(-c2ccccc2CNC(C)C)c1. The zero-order valence-corrected chi connectivity index (χ0v) is 13.1. The van der Waals surface area contributed by atoms with E-state index < -0.39 is 0 Å². The first kappa shape index (κ1) is 15.4. The molecule has 3 nitrogen and oxygen atoms in total. The molecule has 0 amide bonds. The van der Waals surface area contributed by atoms with Crippen LogP contribution in [-0.2, 0) is 6.54 Å². The lowest BCUT2D eigenvalue weighted by atomic mass is 9.99. The van der Waals surface area contributed by atoms with Gasteiger partial charge in [0.25, 0.3) is 0 Å². The third-order valence-corrected chi connectivity index (χ3v) is 3.38. The Labute approximate surface area is 126 Å². The van der Waals surface area contributed by atoms with Crippen LogP contribution >= 0.6 is 0 Å². The van der Waals surface area contributed by atoms with Gasteiger partial charge in [-0.15, -0.1) is 0 Å². The number of hydrogen-bond donors (Lipinski definition) is 1. The molecule has 0 aliphatic heterocycles. The summed E-state index contributed by atoms with van der Waals surface area (Å²) >= 11 is 0. The Morgan fingerprint density at radius 1 is 0.952 bits per heavy atom. The fourth-order valence-electron chi connectivity index (χ4n) is 2.23. The van der Waals surface area contributed by atoms with Gasteiger partial charge in [0.2, 0.25) is 0 Å². The normalized spacial score (nSPS) is 10.7. The molecule has 0 aromatic heterocycles. The van der Waals surface area contributed by atoms with Gasteiger partial charge in [0.05, 0.1) is 14.2 Å². The van der Waals surface area contributed by atoms with Crippen LogP contribution in [-0.4, -0.2) is 20.3 Å². The van der Waals surface area contributed by atoms with Crippen molar-refractivity contribution in [1.82, 2.24) is 5.32 Å². The second kappa shape index (κ2) is 7.14. The lowest BCUT2D eigenvalue weighted by molar-refractivity contribution is 0.394. The van der Waals surface area contributed by atoms with E-state index in [1.54, 1.807) is 14.2 Å². The third-order valence-electron chi connectivity index (χ3n) is 3.38. The van der Waals surface area contributed by atoms with Crippen LogP contribution in [0.25, 0.3) is 11.1 Å². The highest BCUT2D eigenvalue weighted by atomic mass is 16.5. The summed E-state index contributed by atoms with van der Waals surface area (Å²) in [5.41, 5.74) is 3.57. The van der Waals surface area contributed by atoms with Crippen LogP contribution in [0.3, 0.4) is 0 Å². The molecule has 3 heteroatoms. The molecule has 0 radical (unpaired) electrons. The van der Waals surface area contributed by atoms with E-state index in [4.69, 9.17) is 9.47 Å². The molecule has 0 unspecified atom stereocenters. The van der Waals surface area contributed by atoms with Crippen molar-refractivity contribution in [3.8, 4) is 22.6 Å². The molecule has 2 rings (SSSR count). The molecule has 0 aliphatic carbocycles. The summed E-state index contributed by atoms with van der Waals surface area (Å²) in [7, 11) is 3.34. The van der Waals surface area contributed by atoms with Crippen molar-refractivity contribution < 1.29 is 9.47 Å². The van der Waals surface area contributed by atoms with E-state index in [9.17, 15) is 0 Å². The summed E-state index contributed by atoms with van der Waals surface area (Å²) in [5.74, 6) is 1.60. The second-order valence-electron chi connectivity index (χ2n) is 5.29. The first-order valence-corrected chi connectivity index (χ1v) is 7.18. The molecule has 2 aromatic carbocycles. The predicted octanol–water partition coefficient (Wildman–Crippen LogP) is 3.87. The minimum atomic E-state index is 0.456. The fourth-order valence-corrected chi connectivity index (χ4v) is 2.23. The molecule has 0 bridgehead atoms. The summed E-state index contributed by atoms with van der Waals surface area (Å²) in [6, 6.07) is 14.8. The van der Waals surface area contributed by atoms with Gasteiger partial charge >= 0.3 is 0 Å². The van der Waals surface area contributed by atoms with Crippen LogP contribution in [0.15, 0.2) is 42.5 Å². The van der Waals surface area contributed by atoms with Crippen LogP contribution in [0.1, 0.15) is 19.4 Å². The largest absolute Gasteiger partial charge is 0.497 e. The molecule has 0 aliphatic rings. The number of hydrogen-bond acceptors (Lipinski definition) is 3. The number of methoxy groups -OCH3 is 2. The van der Waals surface area contributed by atoms with Crippen molar-refractivity contribution in [2.75, 3.05) is 14.2 Å². The standard InChI is InChI=1S/C18H23NO2/c1-13(2)19-12-14-7-5-6-8-18(14)15-9-16(20-3)11-17(10-15)21-4/h5-11,13,19H,12H2,1-4H3.